The Balaban J connectivity index is 1.43. The van der Waals surface area contributed by atoms with Crippen LogP contribution in [0.5, 0.6) is 6.01 Å². The lowest BCUT2D eigenvalue weighted by molar-refractivity contribution is -0.132. The molecule has 8 nitrogen and oxygen atoms in total. The number of para-hydroxylation sites is 1. The SMILES string of the molecule is CCOc1ncc(-c2ccccc2N2CCN(C(=O)Cn3nc(C)cc3C)CC2)cn1. The van der Waals surface area contributed by atoms with Crippen molar-refractivity contribution in [2.45, 2.75) is 27.3 Å². The summed E-state index contributed by atoms with van der Waals surface area (Å²) in [6.45, 7) is 9.59. The average molecular weight is 421 g/mol. The van der Waals surface area contributed by atoms with Crippen LogP contribution < -0.4 is 9.64 Å². The van der Waals surface area contributed by atoms with E-state index in [4.69, 9.17) is 4.74 Å². The highest BCUT2D eigenvalue weighted by molar-refractivity contribution is 5.79. The van der Waals surface area contributed by atoms with Crippen molar-refractivity contribution in [1.29, 1.82) is 0 Å². The van der Waals surface area contributed by atoms with E-state index in [0.717, 1.165) is 41.3 Å². The fraction of sp³-hybridized carbons (Fsp3) is 0.391. The second kappa shape index (κ2) is 9.16. The molecule has 1 aromatic carbocycles. The number of hydrogen-bond donors (Lipinski definition) is 0. The van der Waals surface area contributed by atoms with Gasteiger partial charge in [-0.2, -0.15) is 5.10 Å². The largest absolute Gasteiger partial charge is 0.464 e. The maximum absolute atomic E-state index is 12.8. The smallest absolute Gasteiger partial charge is 0.316 e. The van der Waals surface area contributed by atoms with Gasteiger partial charge in [0.2, 0.25) is 5.91 Å². The number of benzene rings is 1. The van der Waals surface area contributed by atoms with Gasteiger partial charge < -0.3 is 14.5 Å². The van der Waals surface area contributed by atoms with E-state index in [1.54, 1.807) is 17.1 Å². The molecule has 31 heavy (non-hydrogen) atoms. The predicted molar refractivity (Wildman–Crippen MR) is 119 cm³/mol. The van der Waals surface area contributed by atoms with Crippen LogP contribution in [0.15, 0.2) is 42.7 Å². The minimum absolute atomic E-state index is 0.110. The van der Waals surface area contributed by atoms with Crippen molar-refractivity contribution in [3.05, 3.63) is 54.1 Å². The van der Waals surface area contributed by atoms with Crippen molar-refractivity contribution in [3.8, 4) is 17.1 Å². The van der Waals surface area contributed by atoms with Crippen LogP contribution in [0, 0.1) is 13.8 Å². The molecule has 1 fully saturated rings. The molecule has 162 valence electrons. The van der Waals surface area contributed by atoms with E-state index < -0.39 is 0 Å². The van der Waals surface area contributed by atoms with Crippen LogP contribution in [0.2, 0.25) is 0 Å². The van der Waals surface area contributed by atoms with Gasteiger partial charge in [-0.3, -0.25) is 9.48 Å². The Kier molecular flexibility index (Phi) is 6.16. The third-order valence-electron chi connectivity index (χ3n) is 5.48. The zero-order chi connectivity index (χ0) is 21.8. The molecule has 8 heteroatoms. The fourth-order valence-electron chi connectivity index (χ4n) is 3.91. The van der Waals surface area contributed by atoms with Gasteiger partial charge in [0.25, 0.3) is 0 Å². The molecule has 3 heterocycles. The quantitative estimate of drug-likeness (QED) is 0.610. The standard InChI is InChI=1S/C23H28N6O2/c1-4-31-23-24-14-19(15-25-23)20-7-5-6-8-21(20)27-9-11-28(12-10-27)22(30)16-29-18(3)13-17(2)26-29/h5-8,13-15H,4,9-12,16H2,1-3H3. The molecule has 1 saturated heterocycles. The number of ether oxygens (including phenoxy) is 1. The Morgan fingerprint density at radius 3 is 2.42 bits per heavy atom. The second-order valence-corrected chi connectivity index (χ2v) is 7.66. The van der Waals surface area contributed by atoms with Crippen LogP contribution in [0.1, 0.15) is 18.3 Å². The van der Waals surface area contributed by atoms with Crippen molar-refractivity contribution in [1.82, 2.24) is 24.6 Å². The van der Waals surface area contributed by atoms with Gasteiger partial charge in [-0.05, 0) is 32.9 Å². The van der Waals surface area contributed by atoms with Gasteiger partial charge in [0.1, 0.15) is 6.54 Å². The minimum Gasteiger partial charge on any atom is -0.464 e. The summed E-state index contributed by atoms with van der Waals surface area (Å²) in [5, 5.41) is 4.41. The van der Waals surface area contributed by atoms with Gasteiger partial charge in [0.15, 0.2) is 0 Å². The van der Waals surface area contributed by atoms with Crippen LogP contribution in [-0.2, 0) is 11.3 Å². The van der Waals surface area contributed by atoms with Crippen molar-refractivity contribution >= 4 is 11.6 Å². The van der Waals surface area contributed by atoms with E-state index in [0.29, 0.717) is 32.3 Å². The first-order valence-corrected chi connectivity index (χ1v) is 10.6. The number of aryl methyl sites for hydroxylation is 2. The van der Waals surface area contributed by atoms with Gasteiger partial charge in [0, 0.05) is 61.1 Å². The fourth-order valence-corrected chi connectivity index (χ4v) is 3.91. The third kappa shape index (κ3) is 4.68. The molecule has 1 amide bonds. The summed E-state index contributed by atoms with van der Waals surface area (Å²) in [5.74, 6) is 0.110. The number of anilines is 1. The maximum Gasteiger partial charge on any atom is 0.316 e. The van der Waals surface area contributed by atoms with Crippen molar-refractivity contribution in [3.63, 3.8) is 0 Å². The summed E-state index contributed by atoms with van der Waals surface area (Å²) >= 11 is 0. The molecule has 0 unspecified atom stereocenters. The highest BCUT2D eigenvalue weighted by atomic mass is 16.5. The molecule has 0 N–H and O–H groups in total. The molecule has 1 aliphatic heterocycles. The normalized spacial score (nSPS) is 14.0. The Hall–Kier alpha value is -3.42. The van der Waals surface area contributed by atoms with E-state index >= 15 is 0 Å². The second-order valence-electron chi connectivity index (χ2n) is 7.66. The topological polar surface area (TPSA) is 76.4 Å². The number of rotatable bonds is 6. The zero-order valence-electron chi connectivity index (χ0n) is 18.3. The summed E-state index contributed by atoms with van der Waals surface area (Å²) in [6.07, 6.45) is 3.59. The lowest BCUT2D eigenvalue weighted by Crippen LogP contribution is -2.49. The number of hydrogen-bond acceptors (Lipinski definition) is 6. The van der Waals surface area contributed by atoms with E-state index in [1.807, 2.05) is 43.9 Å². The summed E-state index contributed by atoms with van der Waals surface area (Å²) in [4.78, 5) is 25.6. The average Bonchev–Trinajstić information content (AvgIpc) is 3.11. The van der Waals surface area contributed by atoms with E-state index in [9.17, 15) is 4.79 Å². The predicted octanol–water partition coefficient (Wildman–Crippen LogP) is 2.70. The first-order valence-electron chi connectivity index (χ1n) is 10.6. The molecule has 2 aromatic heterocycles. The highest BCUT2D eigenvalue weighted by Gasteiger charge is 2.23. The van der Waals surface area contributed by atoms with E-state index in [1.165, 1.54) is 0 Å². The van der Waals surface area contributed by atoms with Crippen LogP contribution in [0.25, 0.3) is 11.1 Å². The first-order chi connectivity index (χ1) is 15.0. The molecule has 0 saturated carbocycles. The molecule has 4 rings (SSSR count). The van der Waals surface area contributed by atoms with Crippen LogP contribution in [0.3, 0.4) is 0 Å². The summed E-state index contributed by atoms with van der Waals surface area (Å²) in [6, 6.07) is 10.6. The van der Waals surface area contributed by atoms with Crippen LogP contribution >= 0.6 is 0 Å². The Morgan fingerprint density at radius 2 is 1.77 bits per heavy atom. The van der Waals surface area contributed by atoms with Gasteiger partial charge in [0.05, 0.1) is 12.3 Å². The number of aromatic nitrogens is 4. The van der Waals surface area contributed by atoms with E-state index in [-0.39, 0.29) is 5.91 Å². The number of piperazine rings is 1. The van der Waals surface area contributed by atoms with Gasteiger partial charge in [-0.25, -0.2) is 9.97 Å². The molecule has 0 spiro atoms. The van der Waals surface area contributed by atoms with Gasteiger partial charge in [-0.1, -0.05) is 18.2 Å². The highest BCUT2D eigenvalue weighted by Crippen LogP contribution is 2.31. The van der Waals surface area contributed by atoms with Crippen molar-refractivity contribution in [2.24, 2.45) is 0 Å². The number of nitrogens with zero attached hydrogens (tertiary/aromatic N) is 6. The molecule has 1 aliphatic rings. The number of carbonyl (C=O) groups excluding carboxylic acids is 1. The molecule has 0 radical (unpaired) electrons. The van der Waals surface area contributed by atoms with Gasteiger partial charge >= 0.3 is 6.01 Å². The number of amides is 1. The Labute approximate surface area is 182 Å². The third-order valence-corrected chi connectivity index (χ3v) is 5.48. The Bertz CT molecular complexity index is 1040. The zero-order valence-corrected chi connectivity index (χ0v) is 18.3. The van der Waals surface area contributed by atoms with Crippen molar-refractivity contribution in [2.75, 3.05) is 37.7 Å². The molecule has 0 atom stereocenters. The summed E-state index contributed by atoms with van der Waals surface area (Å²) in [7, 11) is 0. The van der Waals surface area contributed by atoms with Crippen LogP contribution in [0.4, 0.5) is 5.69 Å². The lowest BCUT2D eigenvalue weighted by atomic mass is 10.1. The summed E-state index contributed by atoms with van der Waals surface area (Å²) in [5.41, 5.74) is 5.09. The molecule has 0 aliphatic carbocycles. The minimum atomic E-state index is 0.110. The van der Waals surface area contributed by atoms with E-state index in [2.05, 4.69) is 32.1 Å². The molecule has 0 bridgehead atoms. The maximum atomic E-state index is 12.8. The molecular formula is C23H28N6O2. The summed E-state index contributed by atoms with van der Waals surface area (Å²) < 4.78 is 7.14. The van der Waals surface area contributed by atoms with Crippen molar-refractivity contribution < 1.29 is 9.53 Å². The lowest BCUT2D eigenvalue weighted by Gasteiger charge is -2.37. The Morgan fingerprint density at radius 1 is 1.06 bits per heavy atom. The molecule has 3 aromatic rings. The van der Waals surface area contributed by atoms with Crippen LogP contribution in [-0.4, -0.2) is 63.3 Å². The first kappa shape index (κ1) is 20.8. The van der Waals surface area contributed by atoms with Gasteiger partial charge in [-0.15, -0.1) is 0 Å². The monoisotopic (exact) mass is 420 g/mol. The number of carbonyl (C=O) groups is 1. The molecular weight excluding hydrogens is 392 g/mol.